The van der Waals surface area contributed by atoms with Crippen LogP contribution in [0, 0.1) is 28.6 Å². The molecule has 0 aromatic carbocycles. The predicted octanol–water partition coefficient (Wildman–Crippen LogP) is 3.49. The molecule has 0 amide bonds. The van der Waals surface area contributed by atoms with E-state index < -0.39 is 0 Å². The van der Waals surface area contributed by atoms with Crippen molar-refractivity contribution in [1.82, 2.24) is 5.16 Å². The van der Waals surface area contributed by atoms with Crippen LogP contribution in [0.1, 0.15) is 57.8 Å². The first-order valence-corrected chi connectivity index (χ1v) is 9.86. The number of nitrogens with two attached hydrogens (primary N) is 1. The zero-order valence-corrected chi connectivity index (χ0v) is 15.8. The van der Waals surface area contributed by atoms with E-state index in [2.05, 4.69) is 25.9 Å². The fourth-order valence-corrected chi connectivity index (χ4v) is 6.25. The molecule has 3 aliphatic rings. The lowest BCUT2D eigenvalue weighted by molar-refractivity contribution is 0.00398. The van der Waals surface area contributed by atoms with Gasteiger partial charge in [-0.1, -0.05) is 37.1 Å². The Labute approximate surface area is 150 Å². The molecule has 4 nitrogen and oxygen atoms in total. The van der Waals surface area contributed by atoms with E-state index in [4.69, 9.17) is 10.3 Å². The Morgan fingerprint density at radius 1 is 1.32 bits per heavy atom. The Morgan fingerprint density at radius 3 is 2.84 bits per heavy atom. The first-order chi connectivity index (χ1) is 11.9. The second-order valence-electron chi connectivity index (χ2n) is 9.42. The maximum Gasteiger partial charge on any atom is 0.140 e. The Balaban J connectivity index is 1.71. The Kier molecular flexibility index (Phi) is 4.12. The molecule has 3 aliphatic carbocycles. The number of nitrogens with zero attached hydrogens (tertiary/aromatic N) is 1. The van der Waals surface area contributed by atoms with Crippen molar-refractivity contribution in [3.63, 3.8) is 0 Å². The van der Waals surface area contributed by atoms with Gasteiger partial charge >= 0.3 is 0 Å². The van der Waals surface area contributed by atoms with E-state index in [-0.39, 0.29) is 17.9 Å². The van der Waals surface area contributed by atoms with Crippen molar-refractivity contribution in [3.05, 3.63) is 28.7 Å². The van der Waals surface area contributed by atoms with Crippen molar-refractivity contribution in [2.75, 3.05) is 13.2 Å². The predicted molar refractivity (Wildman–Crippen MR) is 97.9 cm³/mol. The highest BCUT2D eigenvalue weighted by Crippen LogP contribution is 2.58. The number of allylic oxidation sites excluding steroid dienone is 1. The summed E-state index contributed by atoms with van der Waals surface area (Å²) in [7, 11) is 0. The molecule has 0 saturated heterocycles. The van der Waals surface area contributed by atoms with Crippen LogP contribution in [0.5, 0.6) is 0 Å². The summed E-state index contributed by atoms with van der Waals surface area (Å²) in [5, 5.41) is 14.1. The molecular weight excluding hydrogens is 312 g/mol. The van der Waals surface area contributed by atoms with Crippen LogP contribution in [0.4, 0.5) is 0 Å². The van der Waals surface area contributed by atoms with Gasteiger partial charge in [-0.05, 0) is 67.2 Å². The van der Waals surface area contributed by atoms with Gasteiger partial charge in [-0.15, -0.1) is 0 Å². The first-order valence-electron chi connectivity index (χ1n) is 9.86. The monoisotopic (exact) mass is 344 g/mol. The van der Waals surface area contributed by atoms with Crippen LogP contribution in [0.25, 0.3) is 0 Å². The molecule has 25 heavy (non-hydrogen) atoms. The molecule has 0 aliphatic heterocycles. The summed E-state index contributed by atoms with van der Waals surface area (Å²) >= 11 is 0. The Bertz CT molecular complexity index is 690. The van der Waals surface area contributed by atoms with Gasteiger partial charge in [-0.25, -0.2) is 0 Å². The second kappa shape index (κ2) is 5.95. The third-order valence-corrected chi connectivity index (χ3v) is 7.85. The maximum atomic E-state index is 10.1. The highest BCUT2D eigenvalue weighted by Gasteiger charge is 2.51. The van der Waals surface area contributed by atoms with Crippen LogP contribution in [-0.2, 0) is 12.8 Å². The number of aliphatic hydroxyl groups excluding tert-OH is 1. The van der Waals surface area contributed by atoms with Crippen LogP contribution in [0.3, 0.4) is 0 Å². The SMILES string of the molecule is CC1(C)CCC2=C1CC[C@H](C1(C)Cc3cnoc3CC1CO)[C@H]2CN. The van der Waals surface area contributed by atoms with E-state index >= 15 is 0 Å². The fourth-order valence-electron chi connectivity index (χ4n) is 6.25. The third kappa shape index (κ3) is 2.52. The fraction of sp³-hybridized carbons (Fsp3) is 0.762. The zero-order chi connectivity index (χ0) is 17.8. The second-order valence-corrected chi connectivity index (χ2v) is 9.42. The molecule has 0 bridgehead atoms. The molecule has 0 spiro atoms. The van der Waals surface area contributed by atoms with Crippen LogP contribution in [0.15, 0.2) is 21.9 Å². The Hall–Kier alpha value is -1.13. The van der Waals surface area contributed by atoms with Gasteiger partial charge in [0.2, 0.25) is 0 Å². The zero-order valence-electron chi connectivity index (χ0n) is 15.8. The molecule has 0 radical (unpaired) electrons. The summed E-state index contributed by atoms with van der Waals surface area (Å²) < 4.78 is 5.42. The van der Waals surface area contributed by atoms with Crippen molar-refractivity contribution in [1.29, 1.82) is 0 Å². The van der Waals surface area contributed by atoms with Crippen LogP contribution >= 0.6 is 0 Å². The molecule has 0 saturated carbocycles. The quantitative estimate of drug-likeness (QED) is 0.823. The standard InChI is InChI=1S/C21H32N2O2/c1-20(2)7-6-15-16(10-22)18(5-4-17(15)20)21(3)9-13-11-23-25-19(13)8-14(21)12-24/h11,14,16,18,24H,4-10,12,22H2,1-3H3/t14?,16-,18-,21?/m0/s1. The number of aliphatic hydroxyl groups is 1. The van der Waals surface area contributed by atoms with Gasteiger partial charge in [-0.2, -0.15) is 0 Å². The number of hydrogen-bond acceptors (Lipinski definition) is 4. The highest BCUT2D eigenvalue weighted by molar-refractivity contribution is 5.33. The largest absolute Gasteiger partial charge is 0.396 e. The van der Waals surface area contributed by atoms with Gasteiger partial charge in [-0.3, -0.25) is 0 Å². The van der Waals surface area contributed by atoms with E-state index in [1.165, 1.54) is 31.2 Å². The van der Waals surface area contributed by atoms with Crippen LogP contribution in [-0.4, -0.2) is 23.4 Å². The third-order valence-electron chi connectivity index (χ3n) is 7.85. The lowest BCUT2D eigenvalue weighted by Crippen LogP contribution is -2.48. The summed E-state index contributed by atoms with van der Waals surface area (Å²) in [6.45, 7) is 8.10. The van der Waals surface area contributed by atoms with Crippen LogP contribution < -0.4 is 5.73 Å². The minimum absolute atomic E-state index is 0.0581. The van der Waals surface area contributed by atoms with Crippen LogP contribution in [0.2, 0.25) is 0 Å². The molecule has 4 rings (SSSR count). The van der Waals surface area contributed by atoms with Crippen molar-refractivity contribution < 1.29 is 9.63 Å². The van der Waals surface area contributed by atoms with Crippen molar-refractivity contribution >= 4 is 0 Å². The van der Waals surface area contributed by atoms with Gasteiger partial charge in [0.25, 0.3) is 0 Å². The summed E-state index contributed by atoms with van der Waals surface area (Å²) in [5.74, 6) is 2.19. The van der Waals surface area contributed by atoms with Gasteiger partial charge < -0.3 is 15.4 Å². The van der Waals surface area contributed by atoms with E-state index in [0.717, 1.165) is 25.1 Å². The molecule has 0 fully saturated rings. The van der Waals surface area contributed by atoms with Crippen molar-refractivity contribution in [2.24, 2.45) is 34.3 Å². The number of hydrogen-bond donors (Lipinski definition) is 2. The molecule has 1 aromatic rings. The smallest absolute Gasteiger partial charge is 0.140 e. The normalized spacial score (nSPS) is 37.1. The Morgan fingerprint density at radius 2 is 2.12 bits per heavy atom. The molecule has 1 heterocycles. The number of fused-ring (bicyclic) bond motifs is 1. The van der Waals surface area contributed by atoms with Gasteiger partial charge in [0.05, 0.1) is 6.20 Å². The molecule has 1 aromatic heterocycles. The first kappa shape index (κ1) is 17.3. The minimum Gasteiger partial charge on any atom is -0.396 e. The van der Waals surface area contributed by atoms with E-state index in [9.17, 15) is 5.11 Å². The lowest BCUT2D eigenvalue weighted by Gasteiger charge is -2.51. The lowest BCUT2D eigenvalue weighted by atomic mass is 9.54. The van der Waals surface area contributed by atoms with E-state index in [1.54, 1.807) is 11.1 Å². The van der Waals surface area contributed by atoms with E-state index in [1.807, 2.05) is 6.20 Å². The van der Waals surface area contributed by atoms with Crippen molar-refractivity contribution in [2.45, 2.75) is 59.3 Å². The van der Waals surface area contributed by atoms with Crippen molar-refractivity contribution in [3.8, 4) is 0 Å². The average molecular weight is 344 g/mol. The van der Waals surface area contributed by atoms with Gasteiger partial charge in [0, 0.05) is 18.6 Å². The van der Waals surface area contributed by atoms with Gasteiger partial charge in [0.15, 0.2) is 0 Å². The molecular formula is C21H32N2O2. The van der Waals surface area contributed by atoms with E-state index in [0.29, 0.717) is 17.3 Å². The molecule has 3 N–H and O–H groups in total. The summed E-state index contributed by atoms with van der Waals surface area (Å²) in [5.41, 5.74) is 11.3. The number of aromatic nitrogens is 1. The van der Waals surface area contributed by atoms with Gasteiger partial charge in [0.1, 0.15) is 5.76 Å². The molecule has 138 valence electrons. The average Bonchev–Trinajstić information content (AvgIpc) is 3.16. The summed E-state index contributed by atoms with van der Waals surface area (Å²) in [6, 6.07) is 0. The topological polar surface area (TPSA) is 72.3 Å². The summed E-state index contributed by atoms with van der Waals surface area (Å²) in [4.78, 5) is 0. The maximum absolute atomic E-state index is 10.1. The molecule has 4 atom stereocenters. The molecule has 2 unspecified atom stereocenters. The highest BCUT2D eigenvalue weighted by atomic mass is 16.5. The summed E-state index contributed by atoms with van der Waals surface area (Å²) in [6.07, 6.45) is 8.49. The molecule has 4 heteroatoms. The number of rotatable bonds is 3. The minimum atomic E-state index is 0.0581.